The van der Waals surface area contributed by atoms with E-state index in [1.54, 1.807) is 0 Å². The third-order valence-electron chi connectivity index (χ3n) is 5.43. The molecule has 1 aliphatic carbocycles. The van der Waals surface area contributed by atoms with Crippen molar-refractivity contribution in [2.45, 2.75) is 45.2 Å². The van der Waals surface area contributed by atoms with Crippen LogP contribution in [-0.2, 0) is 4.79 Å². The summed E-state index contributed by atoms with van der Waals surface area (Å²) in [5.74, 6) is -4.01. The van der Waals surface area contributed by atoms with Gasteiger partial charge in [-0.25, -0.2) is 4.79 Å². The van der Waals surface area contributed by atoms with Gasteiger partial charge in [-0.2, -0.15) is 13.2 Å². The van der Waals surface area contributed by atoms with Crippen LogP contribution in [0, 0.1) is 23.7 Å². The maximum absolute atomic E-state index is 12.9. The molecule has 2 rings (SSSR count). The summed E-state index contributed by atoms with van der Waals surface area (Å²) < 4.78 is 38.8. The highest BCUT2D eigenvalue weighted by molar-refractivity contribution is 5.77. The SMILES string of the molecule is CCC1CCC(CNC(=O)N2C[C@@H](C(F)(F)F)[C@H](C(=O)O)C2)CC1. The summed E-state index contributed by atoms with van der Waals surface area (Å²) in [5, 5.41) is 11.7. The van der Waals surface area contributed by atoms with E-state index in [1.165, 1.54) is 0 Å². The summed E-state index contributed by atoms with van der Waals surface area (Å²) in [4.78, 5) is 24.1. The number of nitrogens with zero attached hydrogens (tertiary/aromatic N) is 1. The molecule has 1 saturated carbocycles. The fourth-order valence-electron chi connectivity index (χ4n) is 3.74. The number of carbonyl (C=O) groups is 2. The quantitative estimate of drug-likeness (QED) is 0.818. The van der Waals surface area contributed by atoms with Gasteiger partial charge in [-0.15, -0.1) is 0 Å². The number of likely N-dealkylation sites (tertiary alicyclic amines) is 1. The number of hydrogen-bond acceptors (Lipinski definition) is 2. The van der Waals surface area contributed by atoms with E-state index in [1.807, 2.05) is 0 Å². The predicted molar refractivity (Wildman–Crippen MR) is 81.4 cm³/mol. The van der Waals surface area contributed by atoms with Crippen molar-refractivity contribution >= 4 is 12.0 Å². The summed E-state index contributed by atoms with van der Waals surface area (Å²) in [6, 6.07) is -0.592. The van der Waals surface area contributed by atoms with Crippen molar-refractivity contribution in [1.82, 2.24) is 10.2 Å². The average molecular weight is 350 g/mol. The molecule has 1 heterocycles. The van der Waals surface area contributed by atoms with Crippen LogP contribution >= 0.6 is 0 Å². The number of carbonyl (C=O) groups excluding carboxylic acids is 1. The number of rotatable bonds is 4. The molecule has 2 aliphatic rings. The highest BCUT2D eigenvalue weighted by Gasteiger charge is 2.53. The van der Waals surface area contributed by atoms with E-state index in [4.69, 9.17) is 5.11 Å². The molecule has 1 saturated heterocycles. The minimum Gasteiger partial charge on any atom is -0.481 e. The third-order valence-corrected chi connectivity index (χ3v) is 5.43. The molecule has 5 nitrogen and oxygen atoms in total. The zero-order valence-corrected chi connectivity index (χ0v) is 13.8. The normalized spacial score (nSPS) is 31.1. The molecular weight excluding hydrogens is 325 g/mol. The lowest BCUT2D eigenvalue weighted by Gasteiger charge is -2.28. The Morgan fingerprint density at radius 3 is 2.17 bits per heavy atom. The van der Waals surface area contributed by atoms with Crippen molar-refractivity contribution < 1.29 is 27.9 Å². The van der Waals surface area contributed by atoms with Gasteiger partial charge in [-0.3, -0.25) is 4.79 Å². The second kappa shape index (κ2) is 7.61. The monoisotopic (exact) mass is 350 g/mol. The summed E-state index contributed by atoms with van der Waals surface area (Å²) in [6.07, 6.45) is 0.818. The summed E-state index contributed by atoms with van der Waals surface area (Å²) in [7, 11) is 0. The van der Waals surface area contributed by atoms with Gasteiger partial charge < -0.3 is 15.3 Å². The maximum atomic E-state index is 12.9. The van der Waals surface area contributed by atoms with Gasteiger partial charge in [0.1, 0.15) is 0 Å². The van der Waals surface area contributed by atoms with E-state index in [2.05, 4.69) is 12.2 Å². The van der Waals surface area contributed by atoms with Crippen molar-refractivity contribution in [3.63, 3.8) is 0 Å². The molecule has 1 aliphatic heterocycles. The molecular formula is C16H25F3N2O3. The van der Waals surface area contributed by atoms with Crippen molar-refractivity contribution in [3.05, 3.63) is 0 Å². The number of carboxylic acid groups (broad SMARTS) is 1. The predicted octanol–water partition coefficient (Wildman–Crippen LogP) is 3.11. The molecule has 0 aromatic rings. The molecule has 138 valence electrons. The van der Waals surface area contributed by atoms with Crippen LogP contribution < -0.4 is 5.32 Å². The Morgan fingerprint density at radius 2 is 1.71 bits per heavy atom. The third kappa shape index (κ3) is 4.54. The lowest BCUT2D eigenvalue weighted by Crippen LogP contribution is -2.42. The van der Waals surface area contributed by atoms with Gasteiger partial charge in [-0.05, 0) is 24.7 Å². The molecule has 8 heteroatoms. The average Bonchev–Trinajstić information content (AvgIpc) is 2.99. The minimum absolute atomic E-state index is 0.355. The largest absolute Gasteiger partial charge is 0.481 e. The van der Waals surface area contributed by atoms with Crippen molar-refractivity contribution in [3.8, 4) is 0 Å². The smallest absolute Gasteiger partial charge is 0.394 e. The molecule has 2 atom stereocenters. The topological polar surface area (TPSA) is 69.6 Å². The fourth-order valence-corrected chi connectivity index (χ4v) is 3.74. The second-order valence-electron chi connectivity index (χ2n) is 6.98. The van der Waals surface area contributed by atoms with Crippen LogP contribution in [0.25, 0.3) is 0 Å². The standard InChI is InChI=1S/C16H25F3N2O3/c1-2-10-3-5-11(6-4-10)7-20-15(24)21-8-12(14(22)23)13(9-21)16(17,18)19/h10-13H,2-9H2,1H3,(H,20,24)(H,22,23)/t10?,11?,12-,13-/m1/s1. The first kappa shape index (κ1) is 18.9. The van der Waals surface area contributed by atoms with Gasteiger partial charge in [0.15, 0.2) is 0 Å². The van der Waals surface area contributed by atoms with Crippen LogP contribution in [0.5, 0.6) is 0 Å². The number of carboxylic acids is 1. The van der Waals surface area contributed by atoms with Gasteiger partial charge >= 0.3 is 18.2 Å². The Balaban J connectivity index is 1.84. The first-order valence-electron chi connectivity index (χ1n) is 8.54. The van der Waals surface area contributed by atoms with E-state index in [0.29, 0.717) is 12.5 Å². The number of hydrogen-bond donors (Lipinski definition) is 2. The summed E-state index contributed by atoms with van der Waals surface area (Å²) >= 11 is 0. The number of urea groups is 1. The first-order chi connectivity index (χ1) is 11.2. The Hall–Kier alpha value is -1.47. The van der Waals surface area contributed by atoms with Crippen molar-refractivity contribution in [1.29, 1.82) is 0 Å². The van der Waals surface area contributed by atoms with Gasteiger partial charge in [0.25, 0.3) is 0 Å². The molecule has 0 aromatic heterocycles. The van der Waals surface area contributed by atoms with Crippen LogP contribution in [0.15, 0.2) is 0 Å². The highest BCUT2D eigenvalue weighted by Crippen LogP contribution is 2.37. The molecule has 2 fully saturated rings. The molecule has 0 spiro atoms. The summed E-state index contributed by atoms with van der Waals surface area (Å²) in [6.45, 7) is 1.62. The fraction of sp³-hybridized carbons (Fsp3) is 0.875. The number of aliphatic carboxylic acids is 1. The van der Waals surface area contributed by atoms with Crippen molar-refractivity contribution in [2.75, 3.05) is 19.6 Å². The molecule has 2 amide bonds. The van der Waals surface area contributed by atoms with Gasteiger partial charge in [0, 0.05) is 19.6 Å². The zero-order chi connectivity index (χ0) is 17.9. The van der Waals surface area contributed by atoms with E-state index in [0.717, 1.165) is 42.9 Å². The maximum Gasteiger partial charge on any atom is 0.394 e. The highest BCUT2D eigenvalue weighted by atomic mass is 19.4. The Bertz CT molecular complexity index is 462. The van der Waals surface area contributed by atoms with Crippen LogP contribution in [-0.4, -0.2) is 47.8 Å². The van der Waals surface area contributed by atoms with E-state index >= 15 is 0 Å². The molecule has 2 N–H and O–H groups in total. The van der Waals surface area contributed by atoms with E-state index < -0.39 is 43.1 Å². The van der Waals surface area contributed by atoms with Gasteiger partial charge in [-0.1, -0.05) is 26.2 Å². The Labute approximate surface area is 139 Å². The Morgan fingerprint density at radius 1 is 1.12 bits per heavy atom. The minimum atomic E-state index is -4.61. The van der Waals surface area contributed by atoms with E-state index in [-0.39, 0.29) is 0 Å². The molecule has 24 heavy (non-hydrogen) atoms. The molecule has 0 radical (unpaired) electrons. The number of nitrogens with one attached hydrogen (secondary N) is 1. The van der Waals surface area contributed by atoms with Crippen molar-refractivity contribution in [2.24, 2.45) is 23.7 Å². The number of alkyl halides is 3. The van der Waals surface area contributed by atoms with Gasteiger partial charge in [0.05, 0.1) is 11.8 Å². The molecule has 0 aromatic carbocycles. The van der Waals surface area contributed by atoms with Gasteiger partial charge in [0.2, 0.25) is 0 Å². The first-order valence-corrected chi connectivity index (χ1v) is 8.54. The van der Waals surface area contributed by atoms with E-state index in [9.17, 15) is 22.8 Å². The lowest BCUT2D eigenvalue weighted by atomic mass is 9.81. The Kier molecular flexibility index (Phi) is 5.98. The van der Waals surface area contributed by atoms with Crippen LogP contribution in [0.4, 0.5) is 18.0 Å². The zero-order valence-electron chi connectivity index (χ0n) is 13.8. The summed E-state index contributed by atoms with van der Waals surface area (Å²) in [5.41, 5.74) is 0. The lowest BCUT2D eigenvalue weighted by molar-refractivity contribution is -0.187. The molecule has 0 unspecified atom stereocenters. The van der Waals surface area contributed by atoms with Crippen LogP contribution in [0.3, 0.4) is 0 Å². The number of amides is 2. The second-order valence-corrected chi connectivity index (χ2v) is 6.98. The number of halogens is 3. The molecule has 0 bridgehead atoms. The van der Waals surface area contributed by atoms with Crippen LogP contribution in [0.1, 0.15) is 39.0 Å². The van der Waals surface area contributed by atoms with Crippen LogP contribution in [0.2, 0.25) is 0 Å².